The lowest BCUT2D eigenvalue weighted by Crippen LogP contribution is -2.70. The third kappa shape index (κ3) is 14.6. The van der Waals surface area contributed by atoms with Gasteiger partial charge in [0.05, 0.1) is 49.6 Å². The fourth-order valence-corrected chi connectivity index (χ4v) is 18.9. The number of hydrogen-bond acceptors (Lipinski definition) is 18. The molecule has 21 heteroatoms. The molecule has 1 unspecified atom stereocenters. The van der Waals surface area contributed by atoms with E-state index in [1.807, 2.05) is 141 Å². The van der Waals surface area contributed by atoms with Gasteiger partial charge >= 0.3 is 24.1 Å². The summed E-state index contributed by atoms with van der Waals surface area (Å²) in [4.78, 5) is 55.2. The molecule has 11 rings (SSSR count). The van der Waals surface area contributed by atoms with E-state index < -0.39 is 154 Å². The monoisotopic (exact) mass is 1270 g/mol. The van der Waals surface area contributed by atoms with Crippen molar-refractivity contribution < 1.29 is 85.9 Å². The number of rotatable bonds is 20. The van der Waals surface area contributed by atoms with Gasteiger partial charge in [-0.2, -0.15) is 0 Å². The number of esters is 2. The molecular weight excluding hydrogens is 1180 g/mol. The van der Waals surface area contributed by atoms with Crippen molar-refractivity contribution >= 4 is 42.8 Å². The van der Waals surface area contributed by atoms with E-state index in [9.17, 15) is 29.4 Å². The minimum absolute atomic E-state index is 0.0310. The van der Waals surface area contributed by atoms with Crippen LogP contribution in [0.25, 0.3) is 0 Å². The molecule has 5 heterocycles. The lowest BCUT2D eigenvalue weighted by molar-refractivity contribution is -0.313. The van der Waals surface area contributed by atoms with Crippen LogP contribution in [-0.2, 0) is 79.3 Å². The summed E-state index contributed by atoms with van der Waals surface area (Å²) in [7, 11) is -3.64. The maximum Gasteiger partial charge on any atom is 0.407 e. The summed E-state index contributed by atoms with van der Waals surface area (Å²) in [5, 5.41) is 29.3. The highest BCUT2D eigenvalue weighted by Crippen LogP contribution is 2.48. The molecule has 6 fully saturated rings. The molecule has 0 radical (unpaired) electrons. The van der Waals surface area contributed by atoms with Gasteiger partial charge in [0.2, 0.25) is 0 Å². The van der Waals surface area contributed by atoms with E-state index in [4.69, 9.17) is 56.5 Å². The standard InChI is InChI=1S/C70H86N2O18Si/c1-8-50-60(88-66-56(72-69(78)80-40-45-26-16-10-17-27-45)62(81-43(4)74)61-52(84-66)35-34-51(82-61)46-28-18-11-19-29-46)64(90-91(70(5,6)7,48-30-20-12-21-31-48)49-32-22-13-23-33-49)67(83-50)89-63-58(41(2)36-47-37-54(75)86-59(47)63)87-65-55(42(3)57(76)53(38-73)85-65)71-68(77)79-39-44-24-14-9-15-25-44/h9-33,41-42,47,50-53,55-67,73,76H,8,34-40H2,1-7H3,(H,71,77)(H,72,78)/t41-,42-,47-,50+,51?,52-,53+,55+,56+,57-,58+,59-,60+,61+,62+,63-,64+,65+,66+,67-/m0/s1. The third-order valence-corrected chi connectivity index (χ3v) is 23.8. The predicted molar refractivity (Wildman–Crippen MR) is 333 cm³/mol. The first-order valence-electron chi connectivity index (χ1n) is 31.9. The van der Waals surface area contributed by atoms with E-state index in [0.717, 1.165) is 27.1 Å². The highest BCUT2D eigenvalue weighted by Gasteiger charge is 2.62. The van der Waals surface area contributed by atoms with Gasteiger partial charge in [0.15, 0.2) is 25.0 Å². The molecule has 5 aliphatic heterocycles. The third-order valence-electron chi connectivity index (χ3n) is 18.7. The molecule has 4 N–H and O–H groups in total. The molecular formula is C70H86N2O18Si. The smallest absolute Gasteiger partial charge is 0.407 e. The fourth-order valence-electron chi connectivity index (χ4n) is 14.2. The quantitative estimate of drug-likeness (QED) is 0.0327. The van der Waals surface area contributed by atoms with Crippen LogP contribution >= 0.6 is 0 Å². The van der Waals surface area contributed by atoms with Crippen molar-refractivity contribution in [2.75, 3.05) is 6.61 Å². The Bertz CT molecular complexity index is 3150. The van der Waals surface area contributed by atoms with Crippen molar-refractivity contribution in [2.24, 2.45) is 17.8 Å². The summed E-state index contributed by atoms with van der Waals surface area (Å²) in [6.45, 7) is 12.8. The number of alkyl carbamates (subject to hydrolysis) is 2. The maximum atomic E-state index is 14.4. The number of carbonyl (C=O) groups is 4. The van der Waals surface area contributed by atoms with Crippen LogP contribution in [0.5, 0.6) is 0 Å². The number of aliphatic hydroxyl groups excluding tert-OH is 2. The number of nitrogens with one attached hydrogen (secondary N) is 2. The van der Waals surface area contributed by atoms with E-state index in [1.54, 1.807) is 6.92 Å². The summed E-state index contributed by atoms with van der Waals surface area (Å²) < 4.78 is 82.0. The highest BCUT2D eigenvalue weighted by atomic mass is 28.4. The number of amides is 2. The van der Waals surface area contributed by atoms with Crippen LogP contribution in [0.1, 0.15) is 103 Å². The van der Waals surface area contributed by atoms with Crippen molar-refractivity contribution in [3.05, 3.63) is 168 Å². The molecule has 488 valence electrons. The second-order valence-electron chi connectivity index (χ2n) is 25.9. The Morgan fingerprint density at radius 3 is 1.70 bits per heavy atom. The summed E-state index contributed by atoms with van der Waals surface area (Å²) in [6.07, 6.45) is -15.1. The number of aliphatic hydroxyl groups is 2. The molecule has 91 heavy (non-hydrogen) atoms. The Balaban J connectivity index is 0.988. The first kappa shape index (κ1) is 65.9. The van der Waals surface area contributed by atoms with Crippen LogP contribution in [0.15, 0.2) is 152 Å². The summed E-state index contributed by atoms with van der Waals surface area (Å²) in [5.41, 5.74) is 2.44. The van der Waals surface area contributed by atoms with Crippen molar-refractivity contribution in [3.63, 3.8) is 0 Å². The fraction of sp³-hybridized carbons (Fsp3) is 0.514. The molecule has 20 nitrogen and oxygen atoms in total. The number of ether oxygens (including phenoxy) is 11. The van der Waals surface area contributed by atoms with Crippen LogP contribution in [0.2, 0.25) is 5.04 Å². The van der Waals surface area contributed by atoms with Crippen LogP contribution < -0.4 is 21.0 Å². The average Bonchev–Trinajstić information content (AvgIpc) is 1.75. The minimum atomic E-state index is -3.64. The van der Waals surface area contributed by atoms with E-state index in [1.165, 1.54) is 6.92 Å². The first-order chi connectivity index (χ1) is 43.9. The van der Waals surface area contributed by atoms with Gasteiger partial charge < -0.3 is 77.4 Å². The molecule has 5 saturated heterocycles. The Hall–Kier alpha value is -6.60. The van der Waals surface area contributed by atoms with Crippen LogP contribution in [0.3, 0.4) is 0 Å². The molecule has 0 aromatic heterocycles. The van der Waals surface area contributed by atoms with Crippen LogP contribution in [-0.4, -0.2) is 147 Å². The van der Waals surface area contributed by atoms with Gasteiger partial charge in [-0.15, -0.1) is 0 Å². The Morgan fingerprint density at radius 2 is 1.14 bits per heavy atom. The van der Waals surface area contributed by atoms with Gasteiger partial charge in [-0.05, 0) is 63.7 Å². The van der Waals surface area contributed by atoms with Crippen molar-refractivity contribution in [3.8, 4) is 0 Å². The number of fused-ring (bicyclic) bond motifs is 2. The van der Waals surface area contributed by atoms with Crippen molar-refractivity contribution in [1.82, 2.24) is 10.6 Å². The maximum absolute atomic E-state index is 14.4. The zero-order valence-corrected chi connectivity index (χ0v) is 53.6. The minimum Gasteiger partial charge on any atom is -0.459 e. The summed E-state index contributed by atoms with van der Waals surface area (Å²) >= 11 is 0. The second kappa shape index (κ2) is 29.1. The van der Waals surface area contributed by atoms with Gasteiger partial charge in [-0.1, -0.05) is 193 Å². The number of carbonyl (C=O) groups excluding carboxylic acids is 4. The van der Waals surface area contributed by atoms with E-state index in [2.05, 4.69) is 55.7 Å². The molecule has 2 amide bonds. The van der Waals surface area contributed by atoms with E-state index in [-0.39, 0.29) is 31.5 Å². The molecule has 0 spiro atoms. The molecule has 5 aromatic rings. The Kier molecular flexibility index (Phi) is 21.1. The largest absolute Gasteiger partial charge is 0.459 e. The molecule has 20 atom stereocenters. The van der Waals surface area contributed by atoms with Crippen LogP contribution in [0, 0.1) is 17.8 Å². The zero-order valence-electron chi connectivity index (χ0n) is 52.6. The SMILES string of the molecule is CC[C@H]1O[C@@H](O[C@@H]2[C@H]3OC(=O)C[C@@H]3C[C@H](C)[C@H]2O[C@H]2O[C@H](CO)[C@@H](O)[C@@H](C)[C@H]2NC(=O)OCc2ccccc2)[C@H](O[Si](c2ccccc2)(c2ccccc2)C(C)(C)C)[C@@H]1O[C@H]1O[C@H]2CCC(c3ccccc3)O[C@H]2[C@H](OC(C)=O)[C@H]1NC(=O)OCc1ccccc1. The Labute approximate surface area is 532 Å². The molecule has 1 saturated carbocycles. The summed E-state index contributed by atoms with van der Waals surface area (Å²) in [6, 6.07) is 46.1. The van der Waals surface area contributed by atoms with Crippen molar-refractivity contribution in [1.29, 1.82) is 0 Å². The zero-order chi connectivity index (χ0) is 64.0. The normalized spacial score (nSPS) is 33.1. The van der Waals surface area contributed by atoms with Gasteiger partial charge in [0, 0.05) is 18.8 Å². The lowest BCUT2D eigenvalue weighted by Gasteiger charge is -2.50. The molecule has 0 bridgehead atoms. The molecule has 6 aliphatic rings. The van der Waals surface area contributed by atoms with Gasteiger partial charge in [-0.3, -0.25) is 9.59 Å². The predicted octanol–water partition coefficient (Wildman–Crippen LogP) is 8.07. The second-order valence-corrected chi connectivity index (χ2v) is 30.1. The van der Waals surface area contributed by atoms with Gasteiger partial charge in [0.25, 0.3) is 8.32 Å². The van der Waals surface area contributed by atoms with E-state index >= 15 is 0 Å². The average molecular weight is 1270 g/mol. The Morgan fingerprint density at radius 1 is 0.615 bits per heavy atom. The summed E-state index contributed by atoms with van der Waals surface area (Å²) in [5.74, 6) is -2.43. The first-order valence-corrected chi connectivity index (χ1v) is 33.9. The highest BCUT2D eigenvalue weighted by molar-refractivity contribution is 6.99. The number of hydrogen-bond donors (Lipinski definition) is 4. The van der Waals surface area contributed by atoms with Gasteiger partial charge in [-0.25, -0.2) is 9.59 Å². The molecule has 5 aromatic carbocycles. The van der Waals surface area contributed by atoms with E-state index in [0.29, 0.717) is 25.7 Å². The topological polar surface area (TPSA) is 244 Å². The number of benzene rings is 5. The molecule has 1 aliphatic carbocycles. The van der Waals surface area contributed by atoms with Crippen LogP contribution in [0.4, 0.5) is 9.59 Å². The lowest BCUT2D eigenvalue weighted by atomic mass is 9.76. The van der Waals surface area contributed by atoms with Crippen molar-refractivity contribution in [2.45, 2.75) is 203 Å². The van der Waals surface area contributed by atoms with Gasteiger partial charge in [0.1, 0.15) is 55.9 Å².